The normalized spacial score (nSPS) is 17.0. The molecule has 0 spiro atoms. The fourth-order valence-electron chi connectivity index (χ4n) is 2.25. The predicted octanol–water partition coefficient (Wildman–Crippen LogP) is 0.986. The Morgan fingerprint density at radius 3 is 2.82 bits per heavy atom. The highest BCUT2D eigenvalue weighted by Gasteiger charge is 2.26. The van der Waals surface area contributed by atoms with Crippen LogP contribution < -0.4 is 5.32 Å². The number of esters is 1. The minimum absolute atomic E-state index is 0.103. The molecule has 1 heterocycles. The monoisotopic (exact) mass is 330 g/mol. The fourth-order valence-corrected chi connectivity index (χ4v) is 3.79. The molecule has 0 saturated carbocycles. The van der Waals surface area contributed by atoms with E-state index < -0.39 is 21.8 Å². The smallest absolute Gasteiger partial charge is 0.338 e. The van der Waals surface area contributed by atoms with Crippen molar-refractivity contribution in [2.75, 3.05) is 32.8 Å². The van der Waals surface area contributed by atoms with Crippen LogP contribution in [0.25, 0.3) is 0 Å². The lowest BCUT2D eigenvalue weighted by Crippen LogP contribution is -2.34. The summed E-state index contributed by atoms with van der Waals surface area (Å²) < 4.78 is 45.0. The molecule has 1 aliphatic rings. The SMILES string of the molecule is CCOC(=O)c1cc(F)cc(S(=O)(=O)N2CCCNCC2)c1. The van der Waals surface area contributed by atoms with E-state index in [-0.39, 0.29) is 17.1 Å². The van der Waals surface area contributed by atoms with Crippen LogP contribution in [-0.2, 0) is 14.8 Å². The van der Waals surface area contributed by atoms with Crippen LogP contribution in [-0.4, -0.2) is 51.5 Å². The maximum Gasteiger partial charge on any atom is 0.338 e. The quantitative estimate of drug-likeness (QED) is 0.833. The first-order chi connectivity index (χ1) is 10.4. The molecular weight excluding hydrogens is 311 g/mol. The number of rotatable bonds is 4. The lowest BCUT2D eigenvalue weighted by molar-refractivity contribution is 0.0525. The van der Waals surface area contributed by atoms with Gasteiger partial charge < -0.3 is 10.1 Å². The zero-order chi connectivity index (χ0) is 16.2. The zero-order valence-electron chi connectivity index (χ0n) is 12.3. The third-order valence-electron chi connectivity index (χ3n) is 3.32. The summed E-state index contributed by atoms with van der Waals surface area (Å²) in [7, 11) is -3.83. The van der Waals surface area contributed by atoms with Crippen LogP contribution in [0.4, 0.5) is 4.39 Å². The van der Waals surface area contributed by atoms with Crippen molar-refractivity contribution in [2.45, 2.75) is 18.2 Å². The van der Waals surface area contributed by atoms with E-state index >= 15 is 0 Å². The Morgan fingerprint density at radius 1 is 1.32 bits per heavy atom. The molecule has 8 heteroatoms. The molecule has 0 bridgehead atoms. The number of carbonyl (C=O) groups is 1. The van der Waals surface area contributed by atoms with Crippen molar-refractivity contribution < 1.29 is 22.3 Å². The van der Waals surface area contributed by atoms with Crippen molar-refractivity contribution in [3.63, 3.8) is 0 Å². The lowest BCUT2D eigenvalue weighted by Gasteiger charge is -2.20. The Balaban J connectivity index is 2.35. The average molecular weight is 330 g/mol. The van der Waals surface area contributed by atoms with Gasteiger partial charge in [-0.3, -0.25) is 0 Å². The molecule has 0 aliphatic carbocycles. The number of benzene rings is 1. The molecule has 0 atom stereocenters. The first-order valence-corrected chi connectivity index (χ1v) is 8.57. The van der Waals surface area contributed by atoms with E-state index in [1.54, 1.807) is 6.92 Å². The Labute approximate surface area is 129 Å². The molecule has 1 aromatic rings. The fraction of sp³-hybridized carbons (Fsp3) is 0.500. The summed E-state index contributed by atoms with van der Waals surface area (Å²) in [6.45, 7) is 3.71. The summed E-state index contributed by atoms with van der Waals surface area (Å²) in [6, 6.07) is 3.06. The Kier molecular flexibility index (Phi) is 5.49. The van der Waals surface area contributed by atoms with E-state index in [1.165, 1.54) is 4.31 Å². The van der Waals surface area contributed by atoms with Gasteiger partial charge in [-0.15, -0.1) is 0 Å². The zero-order valence-corrected chi connectivity index (χ0v) is 13.2. The van der Waals surface area contributed by atoms with Crippen molar-refractivity contribution in [2.24, 2.45) is 0 Å². The molecule has 0 radical (unpaired) electrons. The third kappa shape index (κ3) is 3.82. The highest BCUT2D eigenvalue weighted by Crippen LogP contribution is 2.20. The van der Waals surface area contributed by atoms with Crippen LogP contribution in [0.15, 0.2) is 23.1 Å². The van der Waals surface area contributed by atoms with Gasteiger partial charge in [-0.25, -0.2) is 17.6 Å². The van der Waals surface area contributed by atoms with Gasteiger partial charge in [-0.2, -0.15) is 4.31 Å². The second-order valence-corrected chi connectivity index (χ2v) is 6.84. The molecule has 22 heavy (non-hydrogen) atoms. The summed E-state index contributed by atoms with van der Waals surface area (Å²) >= 11 is 0. The number of carbonyl (C=O) groups excluding carboxylic acids is 1. The highest BCUT2D eigenvalue weighted by atomic mass is 32.2. The molecule has 1 aliphatic heterocycles. The van der Waals surface area contributed by atoms with Gasteiger partial charge in [0, 0.05) is 19.6 Å². The van der Waals surface area contributed by atoms with Gasteiger partial charge in [-0.1, -0.05) is 0 Å². The summed E-state index contributed by atoms with van der Waals surface area (Å²) in [5, 5.41) is 3.10. The van der Waals surface area contributed by atoms with Gasteiger partial charge >= 0.3 is 5.97 Å². The molecule has 6 nitrogen and oxygen atoms in total. The molecule has 1 fully saturated rings. The van der Waals surface area contributed by atoms with Gasteiger partial charge in [0.1, 0.15) is 5.82 Å². The molecule has 2 rings (SSSR count). The number of nitrogens with one attached hydrogen (secondary N) is 1. The number of nitrogens with zero attached hydrogens (tertiary/aromatic N) is 1. The summed E-state index contributed by atoms with van der Waals surface area (Å²) in [5.74, 6) is -1.52. The maximum absolute atomic E-state index is 13.7. The largest absolute Gasteiger partial charge is 0.462 e. The topological polar surface area (TPSA) is 75.7 Å². The van der Waals surface area contributed by atoms with E-state index in [0.717, 1.165) is 24.7 Å². The lowest BCUT2D eigenvalue weighted by atomic mass is 10.2. The highest BCUT2D eigenvalue weighted by molar-refractivity contribution is 7.89. The average Bonchev–Trinajstić information content (AvgIpc) is 2.76. The minimum atomic E-state index is -3.83. The Morgan fingerprint density at radius 2 is 2.09 bits per heavy atom. The molecule has 0 amide bonds. The van der Waals surface area contributed by atoms with Crippen molar-refractivity contribution in [1.82, 2.24) is 9.62 Å². The van der Waals surface area contributed by atoms with Crippen molar-refractivity contribution in [1.29, 1.82) is 0 Å². The van der Waals surface area contributed by atoms with Crippen molar-refractivity contribution in [3.8, 4) is 0 Å². The number of halogens is 1. The van der Waals surface area contributed by atoms with Crippen molar-refractivity contribution in [3.05, 3.63) is 29.6 Å². The summed E-state index contributed by atoms with van der Waals surface area (Å²) in [5.41, 5.74) is -0.103. The van der Waals surface area contributed by atoms with Gasteiger partial charge in [0.05, 0.1) is 17.1 Å². The summed E-state index contributed by atoms with van der Waals surface area (Å²) in [4.78, 5) is 11.5. The van der Waals surface area contributed by atoms with Gasteiger partial charge in [0.2, 0.25) is 10.0 Å². The van der Waals surface area contributed by atoms with Gasteiger partial charge in [-0.05, 0) is 38.1 Å². The molecule has 1 aromatic carbocycles. The van der Waals surface area contributed by atoms with E-state index in [4.69, 9.17) is 4.74 Å². The first-order valence-electron chi connectivity index (χ1n) is 7.13. The number of ether oxygens (including phenoxy) is 1. The number of hydrogen-bond acceptors (Lipinski definition) is 5. The van der Waals surface area contributed by atoms with Crippen LogP contribution in [0.1, 0.15) is 23.7 Å². The molecule has 1 saturated heterocycles. The number of hydrogen-bond donors (Lipinski definition) is 1. The van der Waals surface area contributed by atoms with E-state index in [0.29, 0.717) is 26.1 Å². The Bertz CT molecular complexity index is 640. The van der Waals surface area contributed by atoms with Crippen LogP contribution in [0.5, 0.6) is 0 Å². The second-order valence-electron chi connectivity index (χ2n) is 4.90. The van der Waals surface area contributed by atoms with Gasteiger partial charge in [0.15, 0.2) is 0 Å². The Hall–Kier alpha value is -1.51. The van der Waals surface area contributed by atoms with E-state index in [1.807, 2.05) is 0 Å². The molecule has 1 N–H and O–H groups in total. The van der Waals surface area contributed by atoms with Crippen LogP contribution >= 0.6 is 0 Å². The molecule has 0 aromatic heterocycles. The molecule has 0 unspecified atom stereocenters. The maximum atomic E-state index is 13.7. The van der Waals surface area contributed by atoms with Crippen molar-refractivity contribution >= 4 is 16.0 Å². The van der Waals surface area contributed by atoms with Crippen LogP contribution in [0, 0.1) is 5.82 Å². The number of sulfonamides is 1. The van der Waals surface area contributed by atoms with Crippen LogP contribution in [0.2, 0.25) is 0 Å². The van der Waals surface area contributed by atoms with E-state index in [2.05, 4.69) is 5.32 Å². The third-order valence-corrected chi connectivity index (χ3v) is 5.20. The standard InChI is InChI=1S/C14H19FN2O4S/c1-2-21-14(18)11-8-12(15)10-13(9-11)22(19,20)17-6-3-4-16-5-7-17/h8-10,16H,2-7H2,1H3. The van der Waals surface area contributed by atoms with E-state index in [9.17, 15) is 17.6 Å². The first kappa shape index (κ1) is 16.9. The molecule has 122 valence electrons. The predicted molar refractivity (Wildman–Crippen MR) is 78.6 cm³/mol. The second kappa shape index (κ2) is 7.17. The van der Waals surface area contributed by atoms with Crippen LogP contribution in [0.3, 0.4) is 0 Å². The summed E-state index contributed by atoms with van der Waals surface area (Å²) in [6.07, 6.45) is 0.680. The van der Waals surface area contributed by atoms with Gasteiger partial charge in [0.25, 0.3) is 0 Å². The molecular formula is C14H19FN2O4S. The minimum Gasteiger partial charge on any atom is -0.462 e.